The molecule has 0 amide bonds. The highest BCUT2D eigenvalue weighted by molar-refractivity contribution is 6.32. The van der Waals surface area contributed by atoms with Crippen LogP contribution in [0, 0.1) is 15.5 Å². The molecule has 0 aliphatic heterocycles. The van der Waals surface area contributed by atoms with E-state index in [0.29, 0.717) is 18.8 Å². The van der Waals surface area contributed by atoms with E-state index in [1.807, 2.05) is 13.8 Å². The van der Waals surface area contributed by atoms with Gasteiger partial charge in [-0.25, -0.2) is 0 Å². The molecule has 8 heteroatoms. The van der Waals surface area contributed by atoms with Crippen molar-refractivity contribution in [1.29, 1.82) is 0 Å². The summed E-state index contributed by atoms with van der Waals surface area (Å²) in [6, 6.07) is 4.14. The van der Waals surface area contributed by atoms with Gasteiger partial charge in [0.05, 0.1) is 11.5 Å². The van der Waals surface area contributed by atoms with Crippen LogP contribution in [-0.4, -0.2) is 22.6 Å². The highest BCUT2D eigenvalue weighted by atomic mass is 35.5. The minimum absolute atomic E-state index is 0.0168. The first-order chi connectivity index (χ1) is 9.27. The molecule has 20 heavy (non-hydrogen) atoms. The van der Waals surface area contributed by atoms with Crippen LogP contribution in [0.4, 0.5) is 5.69 Å². The Bertz CT molecular complexity index is 531. The molecule has 7 nitrogen and oxygen atoms in total. The summed E-state index contributed by atoms with van der Waals surface area (Å²) in [5, 5.41) is 22.3. The molecule has 0 radical (unpaired) electrons. The molecule has 0 atom stereocenters. The maximum Gasteiger partial charge on any atom is 0.288 e. The largest absolute Gasteiger partial charge is 0.494 e. The number of ether oxygens (including phenoxy) is 1. The number of hydrogen-bond acceptors (Lipinski definition) is 5. The van der Waals surface area contributed by atoms with E-state index in [0.717, 1.165) is 0 Å². The highest BCUT2D eigenvalue weighted by Gasteiger charge is 2.23. The number of amidine groups is 1. The van der Waals surface area contributed by atoms with E-state index in [9.17, 15) is 10.1 Å². The van der Waals surface area contributed by atoms with Gasteiger partial charge in [-0.05, 0) is 12.5 Å². The van der Waals surface area contributed by atoms with Gasteiger partial charge in [-0.15, -0.1) is 0 Å². The standard InChI is InChI=1S/C12H16ClN3O4/c1-12(2,11(14)15-17)5-6-20-8-3-4-10(16(18)19)9(13)7-8/h3-4,7,17H,5-6H2,1-2H3,(H2,14,15). The van der Waals surface area contributed by atoms with Crippen molar-refractivity contribution in [2.45, 2.75) is 20.3 Å². The summed E-state index contributed by atoms with van der Waals surface area (Å²) in [6.07, 6.45) is 0.511. The van der Waals surface area contributed by atoms with E-state index < -0.39 is 10.3 Å². The number of hydrogen-bond donors (Lipinski definition) is 2. The summed E-state index contributed by atoms with van der Waals surface area (Å²) in [4.78, 5) is 10.1. The predicted molar refractivity (Wildman–Crippen MR) is 75.4 cm³/mol. The van der Waals surface area contributed by atoms with E-state index in [2.05, 4.69) is 5.16 Å². The molecule has 110 valence electrons. The third-order valence-electron chi connectivity index (χ3n) is 2.91. The number of rotatable bonds is 6. The fraction of sp³-hybridized carbons (Fsp3) is 0.417. The lowest BCUT2D eigenvalue weighted by Gasteiger charge is -2.22. The second kappa shape index (κ2) is 6.42. The minimum Gasteiger partial charge on any atom is -0.494 e. The van der Waals surface area contributed by atoms with Crippen LogP contribution < -0.4 is 10.5 Å². The van der Waals surface area contributed by atoms with Crippen LogP contribution in [0.15, 0.2) is 23.4 Å². The van der Waals surface area contributed by atoms with E-state index in [1.165, 1.54) is 18.2 Å². The average Bonchev–Trinajstić information content (AvgIpc) is 2.37. The van der Waals surface area contributed by atoms with Crippen molar-refractivity contribution in [3.8, 4) is 5.75 Å². The molecule has 0 aliphatic carbocycles. The number of nitro benzene ring substituents is 1. The quantitative estimate of drug-likeness (QED) is 0.276. The van der Waals surface area contributed by atoms with Gasteiger partial charge >= 0.3 is 0 Å². The third kappa shape index (κ3) is 3.99. The molecular formula is C12H16ClN3O4. The molecule has 3 N–H and O–H groups in total. The Morgan fingerprint density at radius 3 is 2.75 bits per heavy atom. The van der Waals surface area contributed by atoms with Gasteiger partial charge in [-0.2, -0.15) is 0 Å². The van der Waals surface area contributed by atoms with Gasteiger partial charge in [-0.3, -0.25) is 10.1 Å². The summed E-state index contributed by atoms with van der Waals surface area (Å²) in [5.41, 5.74) is 4.87. The fourth-order valence-corrected chi connectivity index (χ4v) is 1.65. The molecular weight excluding hydrogens is 286 g/mol. The number of nitrogens with zero attached hydrogens (tertiary/aromatic N) is 2. The van der Waals surface area contributed by atoms with Gasteiger partial charge < -0.3 is 15.7 Å². The second-order valence-corrected chi connectivity index (χ2v) is 5.25. The van der Waals surface area contributed by atoms with E-state index in [4.69, 9.17) is 27.3 Å². The first-order valence-electron chi connectivity index (χ1n) is 5.82. The van der Waals surface area contributed by atoms with Gasteiger partial charge in [0.25, 0.3) is 5.69 Å². The van der Waals surface area contributed by atoms with Crippen molar-refractivity contribution >= 4 is 23.1 Å². The summed E-state index contributed by atoms with van der Waals surface area (Å²) < 4.78 is 5.45. The van der Waals surface area contributed by atoms with Crippen LogP contribution >= 0.6 is 11.6 Å². The smallest absolute Gasteiger partial charge is 0.288 e. The molecule has 0 heterocycles. The number of nitrogens with two attached hydrogens (primary N) is 1. The summed E-state index contributed by atoms with van der Waals surface area (Å²) in [7, 11) is 0. The normalized spacial score (nSPS) is 12.2. The van der Waals surface area contributed by atoms with E-state index in [-0.39, 0.29) is 16.5 Å². The Kier molecular flexibility index (Phi) is 5.15. The van der Waals surface area contributed by atoms with Crippen LogP contribution in [0.2, 0.25) is 5.02 Å². The second-order valence-electron chi connectivity index (χ2n) is 4.84. The zero-order chi connectivity index (χ0) is 15.3. The highest BCUT2D eigenvalue weighted by Crippen LogP contribution is 2.29. The number of oxime groups is 1. The lowest BCUT2D eigenvalue weighted by molar-refractivity contribution is -0.384. The summed E-state index contributed by atoms with van der Waals surface area (Å²) in [5.74, 6) is 0.541. The van der Waals surface area contributed by atoms with Crippen LogP contribution in [0.5, 0.6) is 5.75 Å². The zero-order valence-corrected chi connectivity index (χ0v) is 11.9. The Morgan fingerprint density at radius 2 is 2.25 bits per heavy atom. The van der Waals surface area contributed by atoms with Crippen molar-refractivity contribution < 1.29 is 14.9 Å². The SMILES string of the molecule is CC(C)(CCOc1ccc([N+](=O)[O-])c(Cl)c1)C(N)=NO. The predicted octanol–water partition coefficient (Wildman–Crippen LogP) is 2.79. The van der Waals surface area contributed by atoms with E-state index in [1.54, 1.807) is 0 Å². The molecule has 0 unspecified atom stereocenters. The number of halogens is 1. The molecule has 1 aromatic rings. The molecule has 1 aromatic carbocycles. The van der Waals surface area contributed by atoms with Gasteiger partial charge in [0, 0.05) is 17.5 Å². The lowest BCUT2D eigenvalue weighted by Crippen LogP contribution is -2.33. The first kappa shape index (κ1) is 16.0. The average molecular weight is 302 g/mol. The van der Waals surface area contributed by atoms with Crippen LogP contribution in [-0.2, 0) is 0 Å². The van der Waals surface area contributed by atoms with Crippen molar-refractivity contribution in [3.63, 3.8) is 0 Å². The monoisotopic (exact) mass is 301 g/mol. The van der Waals surface area contributed by atoms with Crippen molar-refractivity contribution in [3.05, 3.63) is 33.3 Å². The fourth-order valence-electron chi connectivity index (χ4n) is 1.41. The molecule has 0 aromatic heterocycles. The molecule has 0 aliphatic rings. The van der Waals surface area contributed by atoms with Gasteiger partial charge in [0.1, 0.15) is 16.6 Å². The van der Waals surface area contributed by atoms with Crippen LogP contribution in [0.25, 0.3) is 0 Å². The topological polar surface area (TPSA) is 111 Å². The maximum atomic E-state index is 10.6. The molecule has 0 fully saturated rings. The van der Waals surface area contributed by atoms with Crippen LogP contribution in [0.3, 0.4) is 0 Å². The third-order valence-corrected chi connectivity index (χ3v) is 3.22. The van der Waals surface area contributed by atoms with Crippen molar-refractivity contribution in [2.75, 3.05) is 6.61 Å². The Balaban J connectivity index is 2.64. The summed E-state index contributed by atoms with van der Waals surface area (Å²) >= 11 is 5.77. The van der Waals surface area contributed by atoms with Gasteiger partial charge in [0.2, 0.25) is 0 Å². The Hall–Kier alpha value is -2.02. The molecule has 1 rings (SSSR count). The summed E-state index contributed by atoms with van der Waals surface area (Å²) in [6.45, 7) is 3.93. The Labute approximate surface area is 121 Å². The Morgan fingerprint density at radius 1 is 1.60 bits per heavy atom. The lowest BCUT2D eigenvalue weighted by atomic mass is 9.88. The molecule has 0 bridgehead atoms. The zero-order valence-electron chi connectivity index (χ0n) is 11.2. The van der Waals surface area contributed by atoms with Crippen molar-refractivity contribution in [2.24, 2.45) is 16.3 Å². The molecule has 0 saturated heterocycles. The van der Waals surface area contributed by atoms with Crippen molar-refractivity contribution in [1.82, 2.24) is 0 Å². The molecule has 0 spiro atoms. The first-order valence-corrected chi connectivity index (χ1v) is 6.20. The maximum absolute atomic E-state index is 10.6. The molecule has 0 saturated carbocycles. The van der Waals surface area contributed by atoms with E-state index >= 15 is 0 Å². The number of benzene rings is 1. The minimum atomic E-state index is -0.562. The van der Waals surface area contributed by atoms with Crippen LogP contribution in [0.1, 0.15) is 20.3 Å². The van der Waals surface area contributed by atoms with Gasteiger partial charge in [-0.1, -0.05) is 30.6 Å². The number of nitro groups is 1. The van der Waals surface area contributed by atoms with Gasteiger partial charge in [0.15, 0.2) is 0 Å².